The average Bonchev–Trinajstić information content (AvgIpc) is 2.38. The van der Waals surface area contributed by atoms with E-state index < -0.39 is 0 Å². The summed E-state index contributed by atoms with van der Waals surface area (Å²) in [5, 5.41) is 3.22. The predicted molar refractivity (Wildman–Crippen MR) is 70.7 cm³/mol. The lowest BCUT2D eigenvalue weighted by atomic mass is 10.2. The summed E-state index contributed by atoms with van der Waals surface area (Å²) in [6.45, 7) is 5.80. The first-order valence-electron chi connectivity index (χ1n) is 6.04. The Bertz CT molecular complexity index is 497. The van der Waals surface area contributed by atoms with Crippen molar-refractivity contribution in [1.82, 2.24) is 15.3 Å². The first kappa shape index (κ1) is 12.5. The number of rotatable bonds is 5. The van der Waals surface area contributed by atoms with Gasteiger partial charge in [0.2, 0.25) is 0 Å². The van der Waals surface area contributed by atoms with Crippen LogP contribution >= 0.6 is 0 Å². The van der Waals surface area contributed by atoms with Gasteiger partial charge in [0, 0.05) is 24.5 Å². The van der Waals surface area contributed by atoms with E-state index in [-0.39, 0.29) is 0 Å². The quantitative estimate of drug-likeness (QED) is 0.877. The summed E-state index contributed by atoms with van der Waals surface area (Å²) in [7, 11) is 0. The Morgan fingerprint density at radius 3 is 2.67 bits per heavy atom. The predicted octanol–water partition coefficient (Wildman–Crippen LogP) is 2.69. The zero-order chi connectivity index (χ0) is 12.8. The monoisotopic (exact) mass is 243 g/mol. The molecule has 0 radical (unpaired) electrons. The summed E-state index contributed by atoms with van der Waals surface area (Å²) in [6.07, 6.45) is 3.56. The molecular formula is C14H17N3O. The minimum Gasteiger partial charge on any atom is -0.424 e. The van der Waals surface area contributed by atoms with Crippen molar-refractivity contribution in [3.63, 3.8) is 0 Å². The minimum atomic E-state index is 0.376. The molecule has 0 aliphatic rings. The second-order valence-corrected chi connectivity index (χ2v) is 4.07. The summed E-state index contributed by atoms with van der Waals surface area (Å²) in [5.41, 5.74) is 2.20. The molecule has 1 aromatic carbocycles. The summed E-state index contributed by atoms with van der Waals surface area (Å²) in [5.74, 6) is 0.759. The van der Waals surface area contributed by atoms with Gasteiger partial charge in [-0.3, -0.25) is 0 Å². The molecule has 1 aromatic heterocycles. The van der Waals surface area contributed by atoms with Crippen molar-refractivity contribution in [1.29, 1.82) is 0 Å². The topological polar surface area (TPSA) is 47.0 Å². The molecule has 4 heteroatoms. The number of benzene rings is 1. The van der Waals surface area contributed by atoms with E-state index in [4.69, 9.17) is 4.74 Å². The van der Waals surface area contributed by atoms with E-state index in [0.717, 1.165) is 30.0 Å². The van der Waals surface area contributed by atoms with Crippen molar-refractivity contribution < 1.29 is 4.74 Å². The van der Waals surface area contributed by atoms with E-state index in [1.807, 2.05) is 31.2 Å². The fourth-order valence-corrected chi connectivity index (χ4v) is 1.54. The normalized spacial score (nSPS) is 10.3. The molecule has 0 amide bonds. The van der Waals surface area contributed by atoms with Crippen LogP contribution in [0.4, 0.5) is 0 Å². The van der Waals surface area contributed by atoms with Crippen LogP contribution in [0.25, 0.3) is 0 Å². The fraction of sp³-hybridized carbons (Fsp3) is 0.286. The Hall–Kier alpha value is -1.94. The molecule has 2 rings (SSSR count). The van der Waals surface area contributed by atoms with E-state index in [0.29, 0.717) is 6.01 Å². The van der Waals surface area contributed by atoms with Crippen molar-refractivity contribution in [3.8, 4) is 11.8 Å². The minimum absolute atomic E-state index is 0.376. The Morgan fingerprint density at radius 2 is 2.00 bits per heavy atom. The lowest BCUT2D eigenvalue weighted by Crippen LogP contribution is -2.12. The second-order valence-electron chi connectivity index (χ2n) is 4.07. The molecule has 94 valence electrons. The third-order valence-corrected chi connectivity index (χ3v) is 2.46. The largest absolute Gasteiger partial charge is 0.424 e. The molecule has 0 saturated heterocycles. The van der Waals surface area contributed by atoms with Gasteiger partial charge in [0.05, 0.1) is 0 Å². The molecule has 0 bridgehead atoms. The van der Waals surface area contributed by atoms with Crippen molar-refractivity contribution in [2.75, 3.05) is 6.54 Å². The van der Waals surface area contributed by atoms with E-state index in [1.165, 1.54) is 0 Å². The van der Waals surface area contributed by atoms with E-state index in [1.54, 1.807) is 12.4 Å². The van der Waals surface area contributed by atoms with Crippen LogP contribution < -0.4 is 10.1 Å². The van der Waals surface area contributed by atoms with Crippen LogP contribution in [0.5, 0.6) is 11.8 Å². The SMILES string of the molecule is CCNCc1cnc(Oc2cccc(C)c2)nc1. The highest BCUT2D eigenvalue weighted by atomic mass is 16.5. The summed E-state index contributed by atoms with van der Waals surface area (Å²) in [6, 6.07) is 8.19. The highest BCUT2D eigenvalue weighted by Gasteiger charge is 2.01. The van der Waals surface area contributed by atoms with Gasteiger partial charge in [0.1, 0.15) is 5.75 Å². The number of hydrogen-bond acceptors (Lipinski definition) is 4. The van der Waals surface area contributed by atoms with Gasteiger partial charge in [-0.05, 0) is 31.2 Å². The van der Waals surface area contributed by atoms with Crippen LogP contribution in [-0.2, 0) is 6.54 Å². The molecule has 2 aromatic rings. The Balaban J connectivity index is 2.02. The molecule has 0 unspecified atom stereocenters. The van der Waals surface area contributed by atoms with Crippen LogP contribution in [0.1, 0.15) is 18.1 Å². The second kappa shape index (κ2) is 6.12. The maximum Gasteiger partial charge on any atom is 0.321 e. The third-order valence-electron chi connectivity index (χ3n) is 2.46. The molecule has 1 N–H and O–H groups in total. The van der Waals surface area contributed by atoms with Gasteiger partial charge in [-0.1, -0.05) is 19.1 Å². The van der Waals surface area contributed by atoms with Crippen molar-refractivity contribution in [2.45, 2.75) is 20.4 Å². The maximum atomic E-state index is 5.58. The van der Waals surface area contributed by atoms with Crippen molar-refractivity contribution in [3.05, 3.63) is 47.8 Å². The van der Waals surface area contributed by atoms with E-state index in [2.05, 4.69) is 22.2 Å². The van der Waals surface area contributed by atoms with Gasteiger partial charge in [-0.2, -0.15) is 0 Å². The average molecular weight is 243 g/mol. The van der Waals surface area contributed by atoms with Crippen molar-refractivity contribution >= 4 is 0 Å². The van der Waals surface area contributed by atoms with Crippen LogP contribution in [-0.4, -0.2) is 16.5 Å². The summed E-state index contributed by atoms with van der Waals surface area (Å²) in [4.78, 5) is 8.37. The third kappa shape index (κ3) is 3.53. The summed E-state index contributed by atoms with van der Waals surface area (Å²) < 4.78 is 5.58. The molecule has 0 spiro atoms. The molecule has 0 aliphatic heterocycles. The van der Waals surface area contributed by atoms with Crippen LogP contribution in [0.15, 0.2) is 36.7 Å². The zero-order valence-electron chi connectivity index (χ0n) is 10.7. The van der Waals surface area contributed by atoms with Gasteiger partial charge in [0.15, 0.2) is 0 Å². The zero-order valence-corrected chi connectivity index (χ0v) is 10.7. The van der Waals surface area contributed by atoms with Crippen molar-refractivity contribution in [2.24, 2.45) is 0 Å². The van der Waals surface area contributed by atoms with Gasteiger partial charge < -0.3 is 10.1 Å². The molecular weight excluding hydrogens is 226 g/mol. The number of aromatic nitrogens is 2. The van der Waals surface area contributed by atoms with Crippen LogP contribution in [0, 0.1) is 6.92 Å². The molecule has 18 heavy (non-hydrogen) atoms. The van der Waals surface area contributed by atoms with Gasteiger partial charge >= 0.3 is 6.01 Å². The number of ether oxygens (including phenoxy) is 1. The number of hydrogen-bond donors (Lipinski definition) is 1. The van der Waals surface area contributed by atoms with Gasteiger partial charge in [-0.15, -0.1) is 0 Å². The number of nitrogens with one attached hydrogen (secondary N) is 1. The van der Waals surface area contributed by atoms with E-state index >= 15 is 0 Å². The molecule has 0 aliphatic carbocycles. The lowest BCUT2D eigenvalue weighted by Gasteiger charge is -2.05. The Kier molecular flexibility index (Phi) is 4.25. The van der Waals surface area contributed by atoms with E-state index in [9.17, 15) is 0 Å². The van der Waals surface area contributed by atoms with Crippen LogP contribution in [0.3, 0.4) is 0 Å². The highest BCUT2D eigenvalue weighted by molar-refractivity contribution is 5.29. The number of nitrogens with zero attached hydrogens (tertiary/aromatic N) is 2. The maximum absolute atomic E-state index is 5.58. The van der Waals surface area contributed by atoms with Crippen LogP contribution in [0.2, 0.25) is 0 Å². The summed E-state index contributed by atoms with van der Waals surface area (Å²) >= 11 is 0. The Labute approximate surface area is 107 Å². The molecule has 0 saturated carbocycles. The molecule has 0 atom stereocenters. The first-order chi connectivity index (χ1) is 8.78. The smallest absolute Gasteiger partial charge is 0.321 e. The lowest BCUT2D eigenvalue weighted by molar-refractivity contribution is 0.440. The number of aryl methyl sites for hydroxylation is 1. The van der Waals surface area contributed by atoms with Gasteiger partial charge in [0.25, 0.3) is 0 Å². The fourth-order valence-electron chi connectivity index (χ4n) is 1.54. The molecule has 4 nitrogen and oxygen atoms in total. The Morgan fingerprint density at radius 1 is 1.22 bits per heavy atom. The molecule has 0 fully saturated rings. The standard InChI is InChI=1S/C14H17N3O/c1-3-15-8-12-9-16-14(17-10-12)18-13-6-4-5-11(2)7-13/h4-7,9-10,15H,3,8H2,1-2H3. The van der Waals surface area contributed by atoms with Gasteiger partial charge in [-0.25, -0.2) is 9.97 Å². The molecule has 1 heterocycles. The highest BCUT2D eigenvalue weighted by Crippen LogP contribution is 2.18. The first-order valence-corrected chi connectivity index (χ1v) is 6.04.